The molecular formula is C15H17F3N2O4. The molecule has 0 unspecified atom stereocenters. The first-order valence-corrected chi connectivity index (χ1v) is 7.41. The van der Waals surface area contributed by atoms with E-state index >= 15 is 0 Å². The van der Waals surface area contributed by atoms with Crippen LogP contribution in [0, 0.1) is 23.0 Å². The number of ether oxygens (including phenoxy) is 1. The maximum absolute atomic E-state index is 12.8. The van der Waals surface area contributed by atoms with Gasteiger partial charge in [0.15, 0.2) is 12.4 Å². The summed E-state index contributed by atoms with van der Waals surface area (Å²) in [5.41, 5.74) is 0.122. The van der Waals surface area contributed by atoms with Crippen LogP contribution in [0.1, 0.15) is 18.4 Å². The largest absolute Gasteiger partial charge is 0.477 e. The third-order valence-corrected chi connectivity index (χ3v) is 3.97. The van der Waals surface area contributed by atoms with Crippen molar-refractivity contribution in [3.63, 3.8) is 0 Å². The van der Waals surface area contributed by atoms with Crippen LogP contribution >= 0.6 is 0 Å². The van der Waals surface area contributed by atoms with Crippen molar-refractivity contribution in [1.82, 2.24) is 4.90 Å². The van der Waals surface area contributed by atoms with Crippen LogP contribution < -0.4 is 4.74 Å². The average Bonchev–Trinajstić information content (AvgIpc) is 2.51. The van der Waals surface area contributed by atoms with E-state index in [1.165, 1.54) is 19.1 Å². The Balaban J connectivity index is 2.01. The third kappa shape index (κ3) is 4.15. The van der Waals surface area contributed by atoms with Gasteiger partial charge in [0.25, 0.3) is 5.91 Å². The molecule has 0 aromatic heterocycles. The number of rotatable bonds is 4. The normalized spacial score (nSPS) is 18.3. The molecule has 1 atom stereocenters. The molecular weight excluding hydrogens is 329 g/mol. The van der Waals surface area contributed by atoms with Gasteiger partial charge in [-0.15, -0.1) is 0 Å². The van der Waals surface area contributed by atoms with Crippen molar-refractivity contribution < 1.29 is 27.6 Å². The van der Waals surface area contributed by atoms with Crippen molar-refractivity contribution in [1.29, 1.82) is 0 Å². The number of carbonyl (C=O) groups excluding carboxylic acids is 1. The molecule has 1 aliphatic rings. The molecule has 132 valence electrons. The summed E-state index contributed by atoms with van der Waals surface area (Å²) >= 11 is 0. The number of benzene rings is 1. The fourth-order valence-corrected chi connectivity index (χ4v) is 2.68. The summed E-state index contributed by atoms with van der Waals surface area (Å²) < 4.78 is 43.5. The SMILES string of the molecule is Cc1cccc(OCC(=O)N2CCC[C@H](C(F)(F)F)C2)c1[N+](=O)[O-]. The molecule has 1 amide bonds. The quantitative estimate of drug-likeness (QED) is 0.620. The highest BCUT2D eigenvalue weighted by Gasteiger charge is 2.42. The maximum atomic E-state index is 12.8. The van der Waals surface area contributed by atoms with E-state index in [0.717, 1.165) is 4.90 Å². The van der Waals surface area contributed by atoms with Crippen LogP contribution in [0.4, 0.5) is 18.9 Å². The Kier molecular flexibility index (Phi) is 5.30. The van der Waals surface area contributed by atoms with E-state index < -0.39 is 36.1 Å². The van der Waals surface area contributed by atoms with Crippen molar-refractivity contribution >= 4 is 11.6 Å². The number of halogens is 3. The van der Waals surface area contributed by atoms with E-state index in [1.54, 1.807) is 6.07 Å². The van der Waals surface area contributed by atoms with Gasteiger partial charge < -0.3 is 9.64 Å². The van der Waals surface area contributed by atoms with Gasteiger partial charge in [-0.2, -0.15) is 13.2 Å². The minimum Gasteiger partial charge on any atom is -0.477 e. The van der Waals surface area contributed by atoms with Gasteiger partial charge in [-0.25, -0.2) is 0 Å². The summed E-state index contributed by atoms with van der Waals surface area (Å²) in [5.74, 6) is -2.22. The van der Waals surface area contributed by atoms with E-state index in [9.17, 15) is 28.1 Å². The first-order chi connectivity index (χ1) is 11.2. The van der Waals surface area contributed by atoms with Crippen LogP contribution in [-0.4, -0.2) is 41.6 Å². The Hall–Kier alpha value is -2.32. The predicted molar refractivity (Wildman–Crippen MR) is 78.7 cm³/mol. The highest BCUT2D eigenvalue weighted by atomic mass is 19.4. The smallest absolute Gasteiger partial charge is 0.393 e. The van der Waals surface area contributed by atoms with E-state index in [2.05, 4.69) is 0 Å². The fraction of sp³-hybridized carbons (Fsp3) is 0.533. The highest BCUT2D eigenvalue weighted by molar-refractivity contribution is 5.78. The Morgan fingerprint density at radius 3 is 2.79 bits per heavy atom. The lowest BCUT2D eigenvalue weighted by Crippen LogP contribution is -2.46. The van der Waals surface area contributed by atoms with Crippen LogP contribution in [0.25, 0.3) is 0 Å². The summed E-state index contributed by atoms with van der Waals surface area (Å²) in [5, 5.41) is 11.0. The molecule has 1 saturated heterocycles. The van der Waals surface area contributed by atoms with Crippen LogP contribution in [0.5, 0.6) is 5.75 Å². The van der Waals surface area contributed by atoms with Crippen molar-refractivity contribution in [2.24, 2.45) is 5.92 Å². The zero-order chi connectivity index (χ0) is 17.9. The lowest BCUT2D eigenvalue weighted by molar-refractivity contribution is -0.386. The molecule has 1 aliphatic heterocycles. The second kappa shape index (κ2) is 7.06. The molecule has 1 fully saturated rings. The number of nitrogens with zero attached hydrogens (tertiary/aromatic N) is 2. The van der Waals surface area contributed by atoms with Gasteiger partial charge in [0.2, 0.25) is 0 Å². The van der Waals surface area contributed by atoms with Gasteiger partial charge in [-0.3, -0.25) is 14.9 Å². The Morgan fingerprint density at radius 2 is 2.17 bits per heavy atom. The van der Waals surface area contributed by atoms with Crippen LogP contribution in [-0.2, 0) is 4.79 Å². The lowest BCUT2D eigenvalue weighted by atomic mass is 9.97. The fourth-order valence-electron chi connectivity index (χ4n) is 2.68. The molecule has 2 rings (SSSR count). The second-order valence-corrected chi connectivity index (χ2v) is 5.69. The lowest BCUT2D eigenvalue weighted by Gasteiger charge is -2.33. The number of carbonyl (C=O) groups is 1. The molecule has 6 nitrogen and oxygen atoms in total. The monoisotopic (exact) mass is 346 g/mol. The topological polar surface area (TPSA) is 72.7 Å². The molecule has 0 bridgehead atoms. The van der Waals surface area contributed by atoms with Crippen LogP contribution in [0.2, 0.25) is 0 Å². The van der Waals surface area contributed by atoms with Gasteiger partial charge in [0.1, 0.15) is 0 Å². The molecule has 1 aromatic carbocycles. The van der Waals surface area contributed by atoms with Crippen molar-refractivity contribution in [2.75, 3.05) is 19.7 Å². The molecule has 0 aliphatic carbocycles. The van der Waals surface area contributed by atoms with Gasteiger partial charge >= 0.3 is 11.9 Å². The molecule has 0 N–H and O–H groups in total. The molecule has 24 heavy (non-hydrogen) atoms. The number of nitro benzene ring substituents is 1. The van der Waals surface area contributed by atoms with Gasteiger partial charge in [0.05, 0.1) is 10.8 Å². The maximum Gasteiger partial charge on any atom is 0.393 e. The number of likely N-dealkylation sites (tertiary alicyclic amines) is 1. The second-order valence-electron chi connectivity index (χ2n) is 5.69. The summed E-state index contributed by atoms with van der Waals surface area (Å²) in [6.07, 6.45) is -4.08. The number of para-hydroxylation sites is 1. The van der Waals surface area contributed by atoms with E-state index in [-0.39, 0.29) is 30.8 Å². The van der Waals surface area contributed by atoms with Crippen LogP contribution in [0.15, 0.2) is 18.2 Å². The number of amides is 1. The summed E-state index contributed by atoms with van der Waals surface area (Å²) in [6, 6.07) is 4.43. The van der Waals surface area contributed by atoms with Crippen LogP contribution in [0.3, 0.4) is 0 Å². The Bertz CT molecular complexity index is 634. The number of aryl methyl sites for hydroxylation is 1. The van der Waals surface area contributed by atoms with Gasteiger partial charge in [-0.05, 0) is 25.8 Å². The number of nitro groups is 1. The summed E-state index contributed by atoms with van der Waals surface area (Å²) in [6.45, 7) is 0.826. The minimum atomic E-state index is -4.34. The average molecular weight is 346 g/mol. The zero-order valence-corrected chi connectivity index (χ0v) is 13.0. The highest BCUT2D eigenvalue weighted by Crippen LogP contribution is 2.33. The Morgan fingerprint density at radius 1 is 1.46 bits per heavy atom. The first-order valence-electron chi connectivity index (χ1n) is 7.41. The van der Waals surface area contributed by atoms with Gasteiger partial charge in [0, 0.05) is 18.7 Å². The van der Waals surface area contributed by atoms with Crippen molar-refractivity contribution in [2.45, 2.75) is 25.9 Å². The summed E-state index contributed by atoms with van der Waals surface area (Å²) in [4.78, 5) is 23.6. The third-order valence-electron chi connectivity index (χ3n) is 3.97. The standard InChI is InChI=1S/C15H17F3N2O4/c1-10-4-2-6-12(14(10)20(22)23)24-9-13(21)19-7-3-5-11(8-19)15(16,17)18/h2,4,6,11H,3,5,7-9H2,1H3/t11-/m0/s1. The molecule has 0 saturated carbocycles. The minimum absolute atomic E-state index is 0.00249. The molecule has 0 spiro atoms. The van der Waals surface area contributed by atoms with E-state index in [0.29, 0.717) is 5.56 Å². The molecule has 9 heteroatoms. The predicted octanol–water partition coefficient (Wildman–Crippen LogP) is 3.08. The molecule has 1 heterocycles. The number of hydrogen-bond acceptors (Lipinski definition) is 4. The van der Waals surface area contributed by atoms with Crippen molar-refractivity contribution in [3.05, 3.63) is 33.9 Å². The van der Waals surface area contributed by atoms with Gasteiger partial charge in [-0.1, -0.05) is 12.1 Å². The zero-order valence-electron chi connectivity index (χ0n) is 13.0. The number of hydrogen-bond donors (Lipinski definition) is 0. The number of piperidine rings is 1. The van der Waals surface area contributed by atoms with E-state index in [4.69, 9.17) is 4.74 Å². The summed E-state index contributed by atoms with van der Waals surface area (Å²) in [7, 11) is 0. The molecule has 1 aromatic rings. The van der Waals surface area contributed by atoms with Crippen molar-refractivity contribution in [3.8, 4) is 5.75 Å². The first kappa shape index (κ1) is 18.0. The molecule has 0 radical (unpaired) electrons. The number of alkyl halides is 3. The Labute approximate surface area is 136 Å². The van der Waals surface area contributed by atoms with E-state index in [1.807, 2.05) is 0 Å².